The predicted molar refractivity (Wildman–Crippen MR) is 81.8 cm³/mol. The van der Waals surface area contributed by atoms with Crippen molar-refractivity contribution in [2.45, 2.75) is 38.8 Å². The van der Waals surface area contributed by atoms with Crippen LogP contribution < -0.4 is 0 Å². The van der Waals surface area contributed by atoms with Gasteiger partial charge in [0.15, 0.2) is 0 Å². The van der Waals surface area contributed by atoms with Crippen LogP contribution in [0.5, 0.6) is 0 Å². The second-order valence-electron chi connectivity index (χ2n) is 5.78. The van der Waals surface area contributed by atoms with Crippen LogP contribution in [0.4, 0.5) is 0 Å². The van der Waals surface area contributed by atoms with Gasteiger partial charge < -0.3 is 4.90 Å². The van der Waals surface area contributed by atoms with Gasteiger partial charge in [-0.15, -0.1) is 0 Å². The van der Waals surface area contributed by atoms with E-state index in [0.717, 1.165) is 25.8 Å². The maximum atomic E-state index is 12.4. The van der Waals surface area contributed by atoms with Crippen molar-refractivity contribution in [3.8, 4) is 0 Å². The van der Waals surface area contributed by atoms with Gasteiger partial charge in [0.25, 0.3) is 0 Å². The number of hydrogen-bond acceptors (Lipinski definition) is 2. The zero-order valence-electron chi connectivity index (χ0n) is 12.4. The second kappa shape index (κ2) is 6.12. The van der Waals surface area contributed by atoms with Crippen molar-refractivity contribution < 1.29 is 4.79 Å². The highest BCUT2D eigenvalue weighted by molar-refractivity contribution is 5.76. The number of rotatable bonds is 4. The Morgan fingerprint density at radius 3 is 2.86 bits per heavy atom. The van der Waals surface area contributed by atoms with Gasteiger partial charge in [0.05, 0.1) is 0 Å². The summed E-state index contributed by atoms with van der Waals surface area (Å²) in [4.78, 5) is 14.5. The first-order valence-corrected chi connectivity index (χ1v) is 7.55. The van der Waals surface area contributed by atoms with Crippen molar-refractivity contribution in [1.29, 1.82) is 0 Å². The molecule has 21 heavy (non-hydrogen) atoms. The Kier molecular flexibility index (Phi) is 4.04. The normalized spacial score (nSPS) is 18.1. The summed E-state index contributed by atoms with van der Waals surface area (Å²) >= 11 is 0. The number of aryl methyl sites for hydroxylation is 1. The van der Waals surface area contributed by atoms with Crippen LogP contribution in [0.25, 0.3) is 0 Å². The molecule has 2 heterocycles. The number of likely N-dealkylation sites (tertiary alicyclic amines) is 1. The van der Waals surface area contributed by atoms with Gasteiger partial charge in [0.2, 0.25) is 5.91 Å². The van der Waals surface area contributed by atoms with Crippen molar-refractivity contribution >= 4 is 5.91 Å². The first-order chi connectivity index (χ1) is 10.2. The first-order valence-electron chi connectivity index (χ1n) is 7.55. The number of nitrogens with zero attached hydrogens (tertiary/aromatic N) is 3. The number of amides is 1. The van der Waals surface area contributed by atoms with Gasteiger partial charge in [-0.3, -0.25) is 9.48 Å². The zero-order valence-corrected chi connectivity index (χ0v) is 12.4. The Hall–Kier alpha value is -2.10. The first kappa shape index (κ1) is 13.9. The van der Waals surface area contributed by atoms with Gasteiger partial charge in [-0.2, -0.15) is 5.10 Å². The van der Waals surface area contributed by atoms with Gasteiger partial charge in [0.1, 0.15) is 6.54 Å². The predicted octanol–water partition coefficient (Wildman–Crippen LogP) is 2.43. The van der Waals surface area contributed by atoms with E-state index in [1.165, 1.54) is 11.1 Å². The molecule has 1 fully saturated rings. The molecule has 1 aromatic carbocycles. The van der Waals surface area contributed by atoms with Gasteiger partial charge in [-0.05, 0) is 37.8 Å². The third-order valence-corrected chi connectivity index (χ3v) is 4.15. The van der Waals surface area contributed by atoms with Gasteiger partial charge >= 0.3 is 0 Å². The molecule has 1 amide bonds. The van der Waals surface area contributed by atoms with E-state index in [1.54, 1.807) is 10.9 Å². The van der Waals surface area contributed by atoms with Crippen LogP contribution in [0.1, 0.15) is 24.0 Å². The topological polar surface area (TPSA) is 38.1 Å². The van der Waals surface area contributed by atoms with E-state index in [2.05, 4.69) is 36.3 Å². The average Bonchev–Trinajstić information content (AvgIpc) is 3.13. The van der Waals surface area contributed by atoms with Crippen molar-refractivity contribution in [3.63, 3.8) is 0 Å². The second-order valence-corrected chi connectivity index (χ2v) is 5.78. The summed E-state index contributed by atoms with van der Waals surface area (Å²) in [5.74, 6) is 0.174. The summed E-state index contributed by atoms with van der Waals surface area (Å²) in [7, 11) is 0. The molecule has 1 saturated heterocycles. The highest BCUT2D eigenvalue weighted by Crippen LogP contribution is 2.21. The van der Waals surface area contributed by atoms with Crippen LogP contribution in [0, 0.1) is 6.92 Å². The largest absolute Gasteiger partial charge is 0.338 e. The number of carbonyl (C=O) groups is 1. The lowest BCUT2D eigenvalue weighted by Crippen LogP contribution is -2.39. The van der Waals surface area contributed by atoms with Crippen LogP contribution in [0.2, 0.25) is 0 Å². The lowest BCUT2D eigenvalue weighted by molar-refractivity contribution is -0.132. The molecule has 1 aliphatic heterocycles. The quantitative estimate of drug-likeness (QED) is 0.864. The fourth-order valence-corrected chi connectivity index (χ4v) is 3.00. The van der Waals surface area contributed by atoms with E-state index < -0.39 is 0 Å². The van der Waals surface area contributed by atoms with Gasteiger partial charge in [0, 0.05) is 25.0 Å². The fourth-order valence-electron chi connectivity index (χ4n) is 3.00. The summed E-state index contributed by atoms with van der Waals surface area (Å²) in [6, 6.07) is 10.8. The van der Waals surface area contributed by atoms with Crippen LogP contribution in [0.3, 0.4) is 0 Å². The minimum absolute atomic E-state index is 0.174. The van der Waals surface area contributed by atoms with E-state index in [9.17, 15) is 4.79 Å². The lowest BCUT2D eigenvalue weighted by atomic mass is 10.0. The third kappa shape index (κ3) is 3.32. The van der Waals surface area contributed by atoms with Crippen LogP contribution in [-0.4, -0.2) is 33.2 Å². The van der Waals surface area contributed by atoms with Crippen LogP contribution >= 0.6 is 0 Å². The molecule has 1 aromatic heterocycles. The molecule has 3 rings (SSSR count). The van der Waals surface area contributed by atoms with E-state index in [0.29, 0.717) is 12.6 Å². The Morgan fingerprint density at radius 2 is 2.14 bits per heavy atom. The molecule has 0 aliphatic carbocycles. The molecule has 0 bridgehead atoms. The lowest BCUT2D eigenvalue weighted by Gasteiger charge is -2.25. The standard InChI is InChI=1S/C17H21N3O/c1-14-5-7-15(8-6-14)12-16-4-2-11-20(16)17(21)13-19-10-3-9-18-19/h3,5-10,16H,2,4,11-13H2,1H3. The minimum Gasteiger partial charge on any atom is -0.338 e. The van der Waals surface area contributed by atoms with E-state index >= 15 is 0 Å². The van der Waals surface area contributed by atoms with E-state index in [4.69, 9.17) is 0 Å². The monoisotopic (exact) mass is 283 g/mol. The molecule has 4 nitrogen and oxygen atoms in total. The molecular formula is C17H21N3O. The Bertz CT molecular complexity index is 589. The number of hydrogen-bond donors (Lipinski definition) is 0. The maximum Gasteiger partial charge on any atom is 0.244 e. The van der Waals surface area contributed by atoms with E-state index in [-0.39, 0.29) is 5.91 Å². The summed E-state index contributed by atoms with van der Waals surface area (Å²) in [6.07, 6.45) is 6.69. The maximum absolute atomic E-state index is 12.4. The molecule has 0 spiro atoms. The smallest absolute Gasteiger partial charge is 0.244 e. The van der Waals surface area contributed by atoms with Gasteiger partial charge in [-0.1, -0.05) is 29.8 Å². The molecule has 2 aromatic rings. The molecule has 110 valence electrons. The van der Waals surface area contributed by atoms with Crippen LogP contribution in [0.15, 0.2) is 42.7 Å². The number of benzene rings is 1. The fraction of sp³-hybridized carbons (Fsp3) is 0.412. The van der Waals surface area contributed by atoms with Crippen molar-refractivity contribution in [3.05, 3.63) is 53.9 Å². The molecule has 0 N–H and O–H groups in total. The SMILES string of the molecule is Cc1ccc(CC2CCCN2C(=O)Cn2cccn2)cc1. The minimum atomic E-state index is 0.174. The summed E-state index contributed by atoms with van der Waals surface area (Å²) in [5.41, 5.74) is 2.58. The van der Waals surface area contributed by atoms with Crippen molar-refractivity contribution in [2.24, 2.45) is 0 Å². The molecule has 0 radical (unpaired) electrons. The summed E-state index contributed by atoms with van der Waals surface area (Å²) < 4.78 is 1.70. The van der Waals surface area contributed by atoms with Crippen molar-refractivity contribution in [1.82, 2.24) is 14.7 Å². The van der Waals surface area contributed by atoms with E-state index in [1.807, 2.05) is 17.2 Å². The molecular weight excluding hydrogens is 262 g/mol. The highest BCUT2D eigenvalue weighted by atomic mass is 16.2. The average molecular weight is 283 g/mol. The number of aromatic nitrogens is 2. The molecule has 4 heteroatoms. The van der Waals surface area contributed by atoms with Crippen molar-refractivity contribution in [2.75, 3.05) is 6.54 Å². The Morgan fingerprint density at radius 1 is 1.33 bits per heavy atom. The van der Waals surface area contributed by atoms with Gasteiger partial charge in [-0.25, -0.2) is 0 Å². The Balaban J connectivity index is 1.64. The molecule has 1 unspecified atom stereocenters. The number of carbonyl (C=O) groups excluding carboxylic acids is 1. The molecule has 1 aliphatic rings. The summed E-state index contributed by atoms with van der Waals surface area (Å²) in [5, 5.41) is 4.12. The molecule has 0 saturated carbocycles. The third-order valence-electron chi connectivity index (χ3n) is 4.15. The summed E-state index contributed by atoms with van der Waals surface area (Å²) in [6.45, 7) is 3.31. The highest BCUT2D eigenvalue weighted by Gasteiger charge is 2.28. The molecule has 1 atom stereocenters. The zero-order chi connectivity index (χ0) is 14.7. The Labute approximate surface area is 125 Å². The van der Waals surface area contributed by atoms with Crippen LogP contribution in [-0.2, 0) is 17.8 Å².